The molecule has 4 heterocycles. The first-order valence-electron chi connectivity index (χ1n) is 14.0. The summed E-state index contributed by atoms with van der Waals surface area (Å²) in [5, 5.41) is 0.908. The molecule has 0 saturated carbocycles. The maximum Gasteiger partial charge on any atom is 0.253 e. The van der Waals surface area contributed by atoms with Gasteiger partial charge in [-0.15, -0.1) is 0 Å². The molecule has 2 fully saturated rings. The van der Waals surface area contributed by atoms with E-state index in [9.17, 15) is 9.18 Å². The van der Waals surface area contributed by atoms with Gasteiger partial charge in [0.1, 0.15) is 17.2 Å². The number of hydrogen-bond acceptors (Lipinski definition) is 4. The third-order valence-corrected chi connectivity index (χ3v) is 8.36. The lowest BCUT2D eigenvalue weighted by Crippen LogP contribution is -2.39. The molecule has 202 valence electrons. The van der Waals surface area contributed by atoms with Crippen LogP contribution in [0.3, 0.4) is 0 Å². The molecule has 6 nitrogen and oxygen atoms in total. The van der Waals surface area contributed by atoms with E-state index in [2.05, 4.69) is 14.9 Å². The quantitative estimate of drug-likeness (QED) is 0.303. The number of nitrogens with one attached hydrogen (secondary N) is 1. The Bertz CT molecular complexity index is 1470. The molecule has 1 N–H and O–H groups in total. The van der Waals surface area contributed by atoms with E-state index in [4.69, 9.17) is 4.74 Å². The average molecular weight is 527 g/mol. The minimum Gasteiger partial charge on any atom is -0.496 e. The van der Waals surface area contributed by atoms with E-state index in [0.29, 0.717) is 17.0 Å². The van der Waals surface area contributed by atoms with Crippen LogP contribution in [0.15, 0.2) is 60.9 Å². The van der Waals surface area contributed by atoms with E-state index in [1.807, 2.05) is 41.4 Å². The van der Waals surface area contributed by atoms with Crippen molar-refractivity contribution in [2.75, 3.05) is 39.8 Å². The van der Waals surface area contributed by atoms with Gasteiger partial charge in [0, 0.05) is 53.1 Å². The molecule has 1 amide bonds. The molecule has 0 aliphatic carbocycles. The third-order valence-electron chi connectivity index (χ3n) is 8.36. The van der Waals surface area contributed by atoms with Crippen LogP contribution in [0.5, 0.6) is 5.75 Å². The van der Waals surface area contributed by atoms with Crippen molar-refractivity contribution in [3.8, 4) is 28.0 Å². The minimum absolute atomic E-state index is 0.0980. The van der Waals surface area contributed by atoms with Gasteiger partial charge in [0.2, 0.25) is 0 Å². The number of hydrogen-bond donors (Lipinski definition) is 1. The summed E-state index contributed by atoms with van der Waals surface area (Å²) in [7, 11) is 1.65. The molecule has 2 aromatic heterocycles. The van der Waals surface area contributed by atoms with Crippen LogP contribution in [0.2, 0.25) is 0 Å². The number of aromatic amines is 1. The molecule has 0 unspecified atom stereocenters. The van der Waals surface area contributed by atoms with E-state index in [1.54, 1.807) is 19.4 Å². The Labute approximate surface area is 228 Å². The lowest BCUT2D eigenvalue weighted by atomic mass is 9.92. The lowest BCUT2D eigenvalue weighted by Gasteiger charge is -2.33. The maximum atomic E-state index is 14.8. The van der Waals surface area contributed by atoms with Crippen LogP contribution in [0.4, 0.5) is 4.39 Å². The fourth-order valence-electron chi connectivity index (χ4n) is 6.11. The summed E-state index contributed by atoms with van der Waals surface area (Å²) in [5.74, 6) is 0.908. The molecule has 0 atom stereocenters. The number of aromatic nitrogens is 2. The van der Waals surface area contributed by atoms with Gasteiger partial charge >= 0.3 is 0 Å². The smallest absolute Gasteiger partial charge is 0.253 e. The summed E-state index contributed by atoms with van der Waals surface area (Å²) in [6.07, 6.45) is 9.51. The van der Waals surface area contributed by atoms with Gasteiger partial charge in [0.25, 0.3) is 5.91 Å². The van der Waals surface area contributed by atoms with Crippen LogP contribution >= 0.6 is 0 Å². The normalized spacial score (nSPS) is 16.7. The number of piperidine rings is 1. The minimum atomic E-state index is -0.421. The fraction of sp³-hybridized carbons (Fsp3) is 0.375. The number of likely N-dealkylation sites (tertiary alicyclic amines) is 2. The number of rotatable bonds is 7. The van der Waals surface area contributed by atoms with Gasteiger partial charge in [0.05, 0.1) is 7.11 Å². The zero-order valence-electron chi connectivity index (χ0n) is 22.5. The molecule has 2 aliphatic rings. The van der Waals surface area contributed by atoms with Crippen molar-refractivity contribution in [3.63, 3.8) is 0 Å². The highest BCUT2D eigenvalue weighted by atomic mass is 19.1. The van der Waals surface area contributed by atoms with Crippen LogP contribution in [0.1, 0.15) is 42.5 Å². The van der Waals surface area contributed by atoms with Crippen LogP contribution in [0, 0.1) is 11.7 Å². The molecule has 0 radical (unpaired) electrons. The number of carbonyl (C=O) groups excluding carboxylic acids is 1. The second-order valence-electron chi connectivity index (χ2n) is 10.8. The summed E-state index contributed by atoms with van der Waals surface area (Å²) >= 11 is 0. The van der Waals surface area contributed by atoms with E-state index < -0.39 is 5.82 Å². The molecule has 7 heteroatoms. The highest BCUT2D eigenvalue weighted by Gasteiger charge is 2.25. The number of nitrogens with zero attached hydrogens (tertiary/aromatic N) is 3. The van der Waals surface area contributed by atoms with Gasteiger partial charge in [-0.3, -0.25) is 4.79 Å². The topological polar surface area (TPSA) is 61.5 Å². The van der Waals surface area contributed by atoms with Crippen molar-refractivity contribution in [1.29, 1.82) is 0 Å². The SMILES string of the molecule is COc1ccccc1-c1c[nH]c2ncc(-c3cc(F)cc(C(=O)N4CCC(CCN5CCCC5)CC4)c3)cc12. The summed E-state index contributed by atoms with van der Waals surface area (Å²) < 4.78 is 20.4. The van der Waals surface area contributed by atoms with Gasteiger partial charge in [-0.1, -0.05) is 18.2 Å². The van der Waals surface area contributed by atoms with Crippen molar-refractivity contribution >= 4 is 16.9 Å². The molecular weight excluding hydrogens is 491 g/mol. The molecule has 2 saturated heterocycles. The largest absolute Gasteiger partial charge is 0.496 e. The highest BCUT2D eigenvalue weighted by molar-refractivity contribution is 5.98. The molecular formula is C32H35FN4O2. The molecule has 39 heavy (non-hydrogen) atoms. The maximum absolute atomic E-state index is 14.8. The number of H-pyrrole nitrogens is 1. The second-order valence-corrected chi connectivity index (χ2v) is 10.8. The lowest BCUT2D eigenvalue weighted by molar-refractivity contribution is 0.0682. The number of halogens is 1. The van der Waals surface area contributed by atoms with Crippen LogP contribution < -0.4 is 4.74 Å². The molecule has 0 spiro atoms. The number of pyridine rings is 1. The standard InChI is InChI=1S/C32H35FN4O2/c1-39-30-7-3-2-6-27(30)29-21-35-31-28(29)19-25(20-34-31)23-16-24(18-26(33)17-23)32(38)37-14-9-22(10-15-37)8-13-36-11-4-5-12-36/h2-3,6-7,16-22H,4-5,8-15H2,1H3,(H,34,35). The highest BCUT2D eigenvalue weighted by Crippen LogP contribution is 2.36. The zero-order chi connectivity index (χ0) is 26.8. The first-order chi connectivity index (χ1) is 19.1. The first-order valence-corrected chi connectivity index (χ1v) is 14.0. The van der Waals surface area contributed by atoms with Gasteiger partial charge in [0.15, 0.2) is 0 Å². The summed E-state index contributed by atoms with van der Waals surface area (Å²) in [6, 6.07) is 14.4. The number of benzene rings is 2. The van der Waals surface area contributed by atoms with E-state index in [-0.39, 0.29) is 5.91 Å². The average Bonchev–Trinajstić information content (AvgIpc) is 3.65. The Morgan fingerprint density at radius 1 is 1.03 bits per heavy atom. The Balaban J connectivity index is 1.20. The Kier molecular flexibility index (Phi) is 7.33. The third kappa shape index (κ3) is 5.41. The Hall–Kier alpha value is -3.71. The van der Waals surface area contributed by atoms with Crippen LogP contribution in [-0.2, 0) is 0 Å². The van der Waals surface area contributed by atoms with Crippen molar-refractivity contribution in [2.45, 2.75) is 32.1 Å². The van der Waals surface area contributed by atoms with Crippen molar-refractivity contribution in [2.24, 2.45) is 5.92 Å². The van der Waals surface area contributed by atoms with Crippen molar-refractivity contribution in [1.82, 2.24) is 19.8 Å². The number of ether oxygens (including phenoxy) is 1. The van der Waals surface area contributed by atoms with E-state index >= 15 is 0 Å². The second kappa shape index (κ2) is 11.2. The van der Waals surface area contributed by atoms with Gasteiger partial charge < -0.3 is 19.5 Å². The Morgan fingerprint density at radius 2 is 1.82 bits per heavy atom. The van der Waals surface area contributed by atoms with Gasteiger partial charge in [-0.25, -0.2) is 9.37 Å². The molecule has 2 aliphatic heterocycles. The van der Waals surface area contributed by atoms with Gasteiger partial charge in [-0.2, -0.15) is 0 Å². The predicted molar refractivity (Wildman–Crippen MR) is 152 cm³/mol. The monoisotopic (exact) mass is 526 g/mol. The molecule has 0 bridgehead atoms. The molecule has 4 aromatic rings. The number of carbonyl (C=O) groups is 1. The summed E-state index contributed by atoms with van der Waals surface area (Å²) in [6.45, 7) is 5.09. The van der Waals surface area contributed by atoms with E-state index in [0.717, 1.165) is 59.4 Å². The zero-order valence-corrected chi connectivity index (χ0v) is 22.5. The Morgan fingerprint density at radius 3 is 2.62 bits per heavy atom. The number of para-hydroxylation sites is 1. The van der Waals surface area contributed by atoms with Crippen molar-refractivity contribution < 1.29 is 13.9 Å². The van der Waals surface area contributed by atoms with Crippen molar-refractivity contribution in [3.05, 3.63) is 72.3 Å². The number of amides is 1. The van der Waals surface area contributed by atoms with E-state index in [1.165, 1.54) is 51.0 Å². The summed E-state index contributed by atoms with van der Waals surface area (Å²) in [4.78, 5) is 25.7. The molecule has 6 rings (SSSR count). The fourth-order valence-corrected chi connectivity index (χ4v) is 6.11. The number of fused-ring (bicyclic) bond motifs is 1. The van der Waals surface area contributed by atoms with Gasteiger partial charge in [-0.05, 0) is 93.6 Å². The molecule has 2 aromatic carbocycles. The number of methoxy groups -OCH3 is 1. The predicted octanol–water partition coefficient (Wildman–Crippen LogP) is 6.38. The first kappa shape index (κ1) is 25.6. The van der Waals surface area contributed by atoms with Crippen LogP contribution in [-0.4, -0.2) is 65.5 Å². The summed E-state index contributed by atoms with van der Waals surface area (Å²) in [5.41, 5.74) is 4.42. The van der Waals surface area contributed by atoms with Crippen LogP contribution in [0.25, 0.3) is 33.3 Å².